The van der Waals surface area contributed by atoms with Crippen LogP contribution in [0.1, 0.15) is 45.4 Å². The lowest BCUT2D eigenvalue weighted by molar-refractivity contribution is -0.870. The Morgan fingerprint density at radius 3 is 2.30 bits per heavy atom. The van der Waals surface area contributed by atoms with Gasteiger partial charge < -0.3 is 24.6 Å². The topological polar surface area (TPSA) is 100 Å². The van der Waals surface area contributed by atoms with E-state index in [1.165, 1.54) is 0 Å². The van der Waals surface area contributed by atoms with Gasteiger partial charge in [-0.2, -0.15) is 0 Å². The third-order valence-corrected chi connectivity index (χ3v) is 4.82. The third kappa shape index (κ3) is 19.1. The highest BCUT2D eigenvalue weighted by Gasteiger charge is 2.25. The summed E-state index contributed by atoms with van der Waals surface area (Å²) < 4.78 is 34.2. The number of likely N-dealkylation sites (N-methyl/N-ethyl adjacent to an activating group) is 1. The zero-order valence-electron chi connectivity index (χ0n) is 17.7. The Labute approximate surface area is 165 Å². The molecule has 27 heavy (non-hydrogen) atoms. The van der Waals surface area contributed by atoms with Crippen molar-refractivity contribution in [1.29, 1.82) is 0 Å². The Bertz CT molecular complexity index is 379. The van der Waals surface area contributed by atoms with Crippen molar-refractivity contribution in [2.45, 2.75) is 51.6 Å². The lowest BCUT2D eigenvalue weighted by Gasteiger charge is -2.24. The van der Waals surface area contributed by atoms with Crippen LogP contribution in [-0.2, 0) is 23.1 Å². The SMILES string of the molecule is CCCCCOC[C@H](COP(=O)(O)OCC[N+](C)(C)C)OCCCCCN. The Morgan fingerprint density at radius 2 is 1.67 bits per heavy atom. The molecular formula is C18H42N2O6P+. The average Bonchev–Trinajstić information content (AvgIpc) is 2.57. The van der Waals surface area contributed by atoms with E-state index in [9.17, 15) is 9.46 Å². The summed E-state index contributed by atoms with van der Waals surface area (Å²) in [6.45, 7) is 5.05. The molecule has 0 rings (SSSR count). The molecule has 3 N–H and O–H groups in total. The fourth-order valence-corrected chi connectivity index (χ4v) is 2.87. The molecule has 0 aromatic rings. The van der Waals surface area contributed by atoms with Crippen LogP contribution in [0.4, 0.5) is 0 Å². The number of quaternary nitrogens is 1. The first-order valence-corrected chi connectivity index (χ1v) is 11.5. The Morgan fingerprint density at radius 1 is 0.963 bits per heavy atom. The molecule has 8 nitrogen and oxygen atoms in total. The summed E-state index contributed by atoms with van der Waals surface area (Å²) in [6, 6.07) is 0. The Balaban J connectivity index is 4.25. The number of unbranched alkanes of at least 4 members (excludes halogenated alkanes) is 4. The maximum absolute atomic E-state index is 12.0. The van der Waals surface area contributed by atoms with Crippen molar-refractivity contribution in [3.05, 3.63) is 0 Å². The smallest absolute Gasteiger partial charge is 0.379 e. The van der Waals surface area contributed by atoms with E-state index in [1.54, 1.807) is 0 Å². The fraction of sp³-hybridized carbons (Fsp3) is 1.00. The number of rotatable bonds is 19. The summed E-state index contributed by atoms with van der Waals surface area (Å²) in [7, 11) is 1.86. The first-order valence-electron chi connectivity index (χ1n) is 10.0. The molecule has 0 heterocycles. The van der Waals surface area contributed by atoms with E-state index in [0.29, 0.717) is 37.4 Å². The zero-order valence-corrected chi connectivity index (χ0v) is 18.6. The van der Waals surface area contributed by atoms with Crippen molar-refractivity contribution in [2.24, 2.45) is 5.73 Å². The molecule has 1 unspecified atom stereocenters. The molecule has 0 amide bonds. The van der Waals surface area contributed by atoms with Gasteiger partial charge in [0.15, 0.2) is 0 Å². The van der Waals surface area contributed by atoms with E-state index in [-0.39, 0.29) is 13.2 Å². The molecule has 0 saturated carbocycles. The van der Waals surface area contributed by atoms with Crippen LogP contribution in [0.5, 0.6) is 0 Å². The van der Waals surface area contributed by atoms with Crippen molar-refractivity contribution in [3.8, 4) is 0 Å². The minimum Gasteiger partial charge on any atom is -0.379 e. The zero-order chi connectivity index (χ0) is 20.6. The van der Waals surface area contributed by atoms with Crippen LogP contribution in [0.3, 0.4) is 0 Å². The average molecular weight is 414 g/mol. The van der Waals surface area contributed by atoms with E-state index in [1.807, 2.05) is 21.1 Å². The first kappa shape index (κ1) is 27.0. The molecule has 0 aliphatic heterocycles. The van der Waals surface area contributed by atoms with E-state index in [2.05, 4.69) is 6.92 Å². The number of phosphoric ester groups is 1. The molecule has 164 valence electrons. The molecule has 0 bridgehead atoms. The number of hydrogen-bond acceptors (Lipinski definition) is 6. The van der Waals surface area contributed by atoms with Gasteiger partial charge >= 0.3 is 7.82 Å². The van der Waals surface area contributed by atoms with Crippen LogP contribution in [0.2, 0.25) is 0 Å². The summed E-state index contributed by atoms with van der Waals surface area (Å²) in [6.07, 6.45) is 5.69. The fourth-order valence-electron chi connectivity index (χ4n) is 2.13. The number of hydrogen-bond donors (Lipinski definition) is 2. The molecule has 0 aromatic heterocycles. The second kappa shape index (κ2) is 15.8. The van der Waals surface area contributed by atoms with Crippen molar-refractivity contribution >= 4 is 7.82 Å². The van der Waals surface area contributed by atoms with Gasteiger partial charge in [0.05, 0.1) is 34.4 Å². The molecule has 0 spiro atoms. The van der Waals surface area contributed by atoms with Crippen LogP contribution >= 0.6 is 7.82 Å². The maximum atomic E-state index is 12.0. The lowest BCUT2D eigenvalue weighted by atomic mass is 10.2. The standard InChI is InChI=1S/C18H41N2O6P/c1-5-6-9-13-23-16-18(24-14-10-7-8-11-19)17-26-27(21,22)25-15-12-20(2,3)4/h18H,5-17,19H2,1-4H3/p+1/t18-/m1/s1. The molecule has 0 aromatic carbocycles. The van der Waals surface area contributed by atoms with Gasteiger partial charge in [-0.05, 0) is 32.2 Å². The molecule has 0 fully saturated rings. The quantitative estimate of drug-likeness (QED) is 0.191. The molecule has 0 aliphatic carbocycles. The van der Waals surface area contributed by atoms with Crippen molar-refractivity contribution in [2.75, 3.05) is 67.3 Å². The van der Waals surface area contributed by atoms with Gasteiger partial charge in [0.25, 0.3) is 0 Å². The Kier molecular flexibility index (Phi) is 15.8. The van der Waals surface area contributed by atoms with Crippen molar-refractivity contribution in [1.82, 2.24) is 0 Å². The highest BCUT2D eigenvalue weighted by Crippen LogP contribution is 2.43. The van der Waals surface area contributed by atoms with Crippen molar-refractivity contribution < 1.29 is 32.5 Å². The van der Waals surface area contributed by atoms with Gasteiger partial charge in [0.1, 0.15) is 19.3 Å². The number of nitrogens with zero attached hydrogens (tertiary/aromatic N) is 1. The number of nitrogens with two attached hydrogens (primary N) is 1. The van der Waals surface area contributed by atoms with Gasteiger partial charge in [-0.25, -0.2) is 4.57 Å². The normalized spacial score (nSPS) is 15.6. The third-order valence-electron chi connectivity index (χ3n) is 3.84. The lowest BCUT2D eigenvalue weighted by Crippen LogP contribution is -2.37. The molecule has 2 atom stereocenters. The summed E-state index contributed by atoms with van der Waals surface area (Å²) >= 11 is 0. The van der Waals surface area contributed by atoms with Crippen LogP contribution < -0.4 is 5.73 Å². The Hall–Kier alpha value is -0.0500. The van der Waals surface area contributed by atoms with E-state index in [4.69, 9.17) is 24.3 Å². The summed E-state index contributed by atoms with van der Waals surface area (Å²) in [5, 5.41) is 0. The molecule has 0 saturated heterocycles. The van der Waals surface area contributed by atoms with Crippen molar-refractivity contribution in [3.63, 3.8) is 0 Å². The van der Waals surface area contributed by atoms with E-state index < -0.39 is 13.9 Å². The summed E-state index contributed by atoms with van der Waals surface area (Å²) in [5.41, 5.74) is 5.48. The van der Waals surface area contributed by atoms with Gasteiger partial charge in [0.2, 0.25) is 0 Å². The summed E-state index contributed by atoms with van der Waals surface area (Å²) in [4.78, 5) is 9.84. The predicted octanol–water partition coefficient (Wildman–Crippen LogP) is 2.55. The van der Waals surface area contributed by atoms with Crippen LogP contribution in [0.25, 0.3) is 0 Å². The number of ether oxygens (including phenoxy) is 2. The highest BCUT2D eigenvalue weighted by atomic mass is 31.2. The van der Waals surface area contributed by atoms with Crippen LogP contribution in [0.15, 0.2) is 0 Å². The van der Waals surface area contributed by atoms with Gasteiger partial charge in [-0.15, -0.1) is 0 Å². The first-order chi connectivity index (χ1) is 12.7. The second-order valence-corrected chi connectivity index (χ2v) is 9.19. The van der Waals surface area contributed by atoms with E-state index >= 15 is 0 Å². The molecule has 0 aliphatic rings. The monoisotopic (exact) mass is 413 g/mol. The van der Waals surface area contributed by atoms with Gasteiger partial charge in [-0.3, -0.25) is 9.05 Å². The van der Waals surface area contributed by atoms with E-state index in [0.717, 1.165) is 38.5 Å². The molecule has 9 heteroatoms. The molecule has 0 radical (unpaired) electrons. The van der Waals surface area contributed by atoms with Gasteiger partial charge in [-0.1, -0.05) is 19.8 Å². The summed E-state index contributed by atoms with van der Waals surface area (Å²) in [5.74, 6) is 0. The number of phosphoric acid groups is 1. The highest BCUT2D eigenvalue weighted by molar-refractivity contribution is 7.47. The minimum absolute atomic E-state index is 0.0389. The second-order valence-electron chi connectivity index (χ2n) is 7.74. The predicted molar refractivity (Wildman–Crippen MR) is 108 cm³/mol. The maximum Gasteiger partial charge on any atom is 0.472 e. The largest absolute Gasteiger partial charge is 0.472 e. The van der Waals surface area contributed by atoms with Crippen LogP contribution in [0, 0.1) is 0 Å². The minimum atomic E-state index is -4.09. The molecular weight excluding hydrogens is 371 g/mol. The van der Waals surface area contributed by atoms with Gasteiger partial charge in [0, 0.05) is 13.2 Å². The van der Waals surface area contributed by atoms with Crippen LogP contribution in [-0.4, -0.2) is 82.7 Å².